The number of halogens is 2. The van der Waals surface area contributed by atoms with E-state index in [1.165, 1.54) is 6.07 Å². The lowest BCUT2D eigenvalue weighted by Gasteiger charge is -2.13. The van der Waals surface area contributed by atoms with E-state index in [0.717, 1.165) is 30.5 Å². The Kier molecular flexibility index (Phi) is 5.36. The molecule has 0 radical (unpaired) electrons. The normalized spacial score (nSPS) is 11.5. The number of sulfonamides is 1. The highest BCUT2D eigenvalue weighted by Crippen LogP contribution is 2.24. The van der Waals surface area contributed by atoms with E-state index in [0.29, 0.717) is 18.1 Å². The Morgan fingerprint density at radius 2 is 1.83 bits per heavy atom. The average Bonchev–Trinajstić information content (AvgIpc) is 2.48. The van der Waals surface area contributed by atoms with Gasteiger partial charge < -0.3 is 0 Å². The lowest BCUT2D eigenvalue weighted by atomic mass is 10.1. The summed E-state index contributed by atoms with van der Waals surface area (Å²) in [5.41, 5.74) is 1.39. The first-order valence-electron chi connectivity index (χ1n) is 7.41. The zero-order chi connectivity index (χ0) is 17.0. The molecule has 0 atom stereocenters. The Labute approximate surface area is 135 Å². The number of unbranched alkanes of at least 4 members (excludes halogenated alkanes) is 1. The molecule has 0 spiro atoms. The van der Waals surface area contributed by atoms with E-state index in [4.69, 9.17) is 0 Å². The second kappa shape index (κ2) is 7.08. The molecule has 0 heterocycles. The summed E-state index contributed by atoms with van der Waals surface area (Å²) in [6.07, 6.45) is 2.42. The quantitative estimate of drug-likeness (QED) is 0.847. The Balaban J connectivity index is 2.39. The standard InChI is InChI=1S/C17H19F2NO2S/c1-3-4-5-13-10-12(2)6-9-17(13)23(21,22)20-16-8-7-14(18)11-15(16)19/h6-11,20H,3-5H2,1-2H3. The molecule has 0 bridgehead atoms. The molecule has 0 aliphatic heterocycles. The van der Waals surface area contributed by atoms with Crippen molar-refractivity contribution in [3.63, 3.8) is 0 Å². The maximum absolute atomic E-state index is 13.7. The largest absolute Gasteiger partial charge is 0.277 e. The van der Waals surface area contributed by atoms with Crippen molar-refractivity contribution in [1.29, 1.82) is 0 Å². The Bertz CT molecular complexity index is 804. The maximum atomic E-state index is 13.7. The van der Waals surface area contributed by atoms with Crippen LogP contribution in [0.5, 0.6) is 0 Å². The molecule has 0 unspecified atom stereocenters. The van der Waals surface area contributed by atoms with Gasteiger partial charge in [-0.3, -0.25) is 4.72 Å². The van der Waals surface area contributed by atoms with Crippen molar-refractivity contribution >= 4 is 15.7 Å². The molecule has 6 heteroatoms. The number of anilines is 1. The molecule has 0 fully saturated rings. The molecule has 0 saturated carbocycles. The van der Waals surface area contributed by atoms with E-state index in [-0.39, 0.29) is 10.6 Å². The molecule has 0 aromatic heterocycles. The highest BCUT2D eigenvalue weighted by molar-refractivity contribution is 7.92. The van der Waals surface area contributed by atoms with Crippen LogP contribution < -0.4 is 4.72 Å². The average molecular weight is 339 g/mol. The van der Waals surface area contributed by atoms with Gasteiger partial charge in [-0.15, -0.1) is 0 Å². The van der Waals surface area contributed by atoms with Gasteiger partial charge >= 0.3 is 0 Å². The molecule has 0 amide bonds. The molecule has 3 nitrogen and oxygen atoms in total. The van der Waals surface area contributed by atoms with Crippen molar-refractivity contribution in [3.8, 4) is 0 Å². The number of hydrogen-bond acceptors (Lipinski definition) is 2. The zero-order valence-electron chi connectivity index (χ0n) is 13.1. The molecule has 0 aliphatic rings. The molecule has 0 aliphatic carbocycles. The summed E-state index contributed by atoms with van der Waals surface area (Å²) >= 11 is 0. The maximum Gasteiger partial charge on any atom is 0.262 e. The highest BCUT2D eigenvalue weighted by atomic mass is 32.2. The molecule has 1 N–H and O–H groups in total. The van der Waals surface area contributed by atoms with Crippen LogP contribution in [0.1, 0.15) is 30.9 Å². The fourth-order valence-electron chi connectivity index (χ4n) is 2.30. The first-order valence-corrected chi connectivity index (χ1v) is 8.89. The molecule has 23 heavy (non-hydrogen) atoms. The summed E-state index contributed by atoms with van der Waals surface area (Å²) < 4.78 is 54.0. The van der Waals surface area contributed by atoms with Crippen molar-refractivity contribution in [2.45, 2.75) is 38.0 Å². The molecule has 2 aromatic carbocycles. The summed E-state index contributed by atoms with van der Waals surface area (Å²) in [5, 5.41) is 0. The van der Waals surface area contributed by atoms with Crippen molar-refractivity contribution in [2.75, 3.05) is 4.72 Å². The third-order valence-electron chi connectivity index (χ3n) is 3.48. The van der Waals surface area contributed by atoms with Gasteiger partial charge in [-0.05, 0) is 43.5 Å². The van der Waals surface area contributed by atoms with Gasteiger partial charge in [0.1, 0.15) is 11.6 Å². The molecule has 2 rings (SSSR count). The predicted molar refractivity (Wildman–Crippen MR) is 87.0 cm³/mol. The van der Waals surface area contributed by atoms with Gasteiger partial charge in [-0.25, -0.2) is 17.2 Å². The predicted octanol–water partition coefficient (Wildman–Crippen LogP) is 4.42. The molecular formula is C17H19F2NO2S. The SMILES string of the molecule is CCCCc1cc(C)ccc1S(=O)(=O)Nc1ccc(F)cc1F. The van der Waals surface area contributed by atoms with Crippen molar-refractivity contribution in [2.24, 2.45) is 0 Å². The number of benzene rings is 2. The van der Waals surface area contributed by atoms with Gasteiger partial charge in [0.25, 0.3) is 10.0 Å². The van der Waals surface area contributed by atoms with E-state index < -0.39 is 21.7 Å². The van der Waals surface area contributed by atoms with Crippen LogP contribution in [-0.2, 0) is 16.4 Å². The monoisotopic (exact) mass is 339 g/mol. The Morgan fingerprint density at radius 1 is 1.09 bits per heavy atom. The van der Waals surface area contributed by atoms with Crippen LogP contribution in [-0.4, -0.2) is 8.42 Å². The topological polar surface area (TPSA) is 46.2 Å². The Morgan fingerprint density at radius 3 is 2.48 bits per heavy atom. The molecular weight excluding hydrogens is 320 g/mol. The lowest BCUT2D eigenvalue weighted by Crippen LogP contribution is -2.16. The fourth-order valence-corrected chi connectivity index (χ4v) is 3.62. The highest BCUT2D eigenvalue weighted by Gasteiger charge is 2.20. The van der Waals surface area contributed by atoms with Gasteiger partial charge in [0, 0.05) is 6.07 Å². The minimum absolute atomic E-state index is 0.125. The van der Waals surface area contributed by atoms with E-state index in [1.54, 1.807) is 6.07 Å². The van der Waals surface area contributed by atoms with Crippen LogP contribution in [0.25, 0.3) is 0 Å². The Hall–Kier alpha value is -1.95. The van der Waals surface area contributed by atoms with E-state index >= 15 is 0 Å². The molecule has 124 valence electrons. The lowest BCUT2D eigenvalue weighted by molar-refractivity contribution is 0.582. The van der Waals surface area contributed by atoms with Crippen LogP contribution in [0, 0.1) is 18.6 Å². The second-order valence-electron chi connectivity index (χ2n) is 5.44. The van der Waals surface area contributed by atoms with E-state index in [9.17, 15) is 17.2 Å². The van der Waals surface area contributed by atoms with Crippen molar-refractivity contribution in [3.05, 3.63) is 59.2 Å². The number of rotatable bonds is 6. The molecule has 2 aromatic rings. The van der Waals surface area contributed by atoms with Gasteiger partial charge in [-0.2, -0.15) is 0 Å². The van der Waals surface area contributed by atoms with Crippen LogP contribution in [0.3, 0.4) is 0 Å². The number of hydrogen-bond donors (Lipinski definition) is 1. The van der Waals surface area contributed by atoms with Gasteiger partial charge in [0.15, 0.2) is 0 Å². The molecule has 0 saturated heterocycles. The number of nitrogens with one attached hydrogen (secondary N) is 1. The first-order chi connectivity index (χ1) is 10.8. The van der Waals surface area contributed by atoms with Gasteiger partial charge in [0.2, 0.25) is 0 Å². The third-order valence-corrected chi connectivity index (χ3v) is 4.95. The van der Waals surface area contributed by atoms with Crippen LogP contribution in [0.15, 0.2) is 41.3 Å². The van der Waals surface area contributed by atoms with Gasteiger partial charge in [-0.1, -0.05) is 31.0 Å². The van der Waals surface area contributed by atoms with E-state index in [2.05, 4.69) is 4.72 Å². The fraction of sp³-hybridized carbons (Fsp3) is 0.294. The van der Waals surface area contributed by atoms with Crippen LogP contribution in [0.2, 0.25) is 0 Å². The van der Waals surface area contributed by atoms with Crippen LogP contribution in [0.4, 0.5) is 14.5 Å². The smallest absolute Gasteiger partial charge is 0.262 e. The minimum Gasteiger partial charge on any atom is -0.277 e. The summed E-state index contributed by atoms with van der Waals surface area (Å²) in [4.78, 5) is 0.125. The van der Waals surface area contributed by atoms with Gasteiger partial charge in [0.05, 0.1) is 10.6 Å². The zero-order valence-corrected chi connectivity index (χ0v) is 13.9. The third kappa shape index (κ3) is 4.28. The van der Waals surface area contributed by atoms with Crippen LogP contribution >= 0.6 is 0 Å². The van der Waals surface area contributed by atoms with Crippen molar-refractivity contribution < 1.29 is 17.2 Å². The number of aryl methyl sites for hydroxylation is 2. The summed E-state index contributed by atoms with van der Waals surface area (Å²) in [5.74, 6) is -1.71. The summed E-state index contributed by atoms with van der Waals surface area (Å²) in [6, 6.07) is 7.77. The summed E-state index contributed by atoms with van der Waals surface area (Å²) in [6.45, 7) is 3.91. The first kappa shape index (κ1) is 17.4. The minimum atomic E-state index is -3.94. The summed E-state index contributed by atoms with van der Waals surface area (Å²) in [7, 11) is -3.94. The second-order valence-corrected chi connectivity index (χ2v) is 7.10. The van der Waals surface area contributed by atoms with Crippen molar-refractivity contribution in [1.82, 2.24) is 0 Å². The van der Waals surface area contributed by atoms with E-state index in [1.807, 2.05) is 19.9 Å².